The van der Waals surface area contributed by atoms with Gasteiger partial charge in [-0.3, -0.25) is 4.98 Å². The van der Waals surface area contributed by atoms with E-state index in [0.29, 0.717) is 17.3 Å². The molecule has 0 radical (unpaired) electrons. The number of anilines is 2. The van der Waals surface area contributed by atoms with Gasteiger partial charge in [-0.2, -0.15) is 4.31 Å². The molecule has 2 aromatic heterocycles. The highest BCUT2D eigenvalue weighted by atomic mass is 35.5. The van der Waals surface area contributed by atoms with E-state index in [9.17, 15) is 8.42 Å². The second kappa shape index (κ2) is 8.42. The maximum absolute atomic E-state index is 13.0. The zero-order chi connectivity index (χ0) is 20.3. The van der Waals surface area contributed by atoms with Crippen molar-refractivity contribution in [1.82, 2.24) is 19.3 Å². The number of nitrogens with one attached hydrogen (secondary N) is 1. The Balaban J connectivity index is 1.54. The summed E-state index contributed by atoms with van der Waals surface area (Å²) in [6.07, 6.45) is 4.25. The Bertz CT molecular complexity index is 1100. The molecule has 10 heteroatoms. The number of benzene rings is 1. The summed E-state index contributed by atoms with van der Waals surface area (Å²) >= 11 is 6.11. The van der Waals surface area contributed by atoms with Crippen molar-refractivity contribution in [1.29, 1.82) is 0 Å². The number of pyridine rings is 1. The van der Waals surface area contributed by atoms with E-state index in [-0.39, 0.29) is 29.6 Å². The molecule has 1 fully saturated rings. The third kappa shape index (κ3) is 4.38. The number of ether oxygens (including phenoxy) is 1. The van der Waals surface area contributed by atoms with Gasteiger partial charge in [0.2, 0.25) is 10.0 Å². The number of rotatable bonds is 5. The second-order valence-corrected chi connectivity index (χ2v) is 8.63. The van der Waals surface area contributed by atoms with Crippen LogP contribution in [0.1, 0.15) is 11.8 Å². The Morgan fingerprint density at radius 1 is 1.10 bits per heavy atom. The first-order valence-corrected chi connectivity index (χ1v) is 10.7. The molecular formula is C19H18ClN5O3S. The number of halogens is 1. The molecule has 1 aliphatic rings. The van der Waals surface area contributed by atoms with Gasteiger partial charge in [0.25, 0.3) is 0 Å². The number of hydrogen-bond donors (Lipinski definition) is 1. The molecule has 0 saturated carbocycles. The van der Waals surface area contributed by atoms with Crippen LogP contribution in [0, 0.1) is 0 Å². The maximum atomic E-state index is 13.0. The van der Waals surface area contributed by atoms with Gasteiger partial charge < -0.3 is 10.1 Å². The van der Waals surface area contributed by atoms with Crippen molar-refractivity contribution in [3.63, 3.8) is 0 Å². The van der Waals surface area contributed by atoms with Gasteiger partial charge in [-0.1, -0.05) is 29.8 Å². The molecule has 150 valence electrons. The number of hydrogen-bond acceptors (Lipinski definition) is 7. The van der Waals surface area contributed by atoms with Gasteiger partial charge in [-0.15, -0.1) is 0 Å². The van der Waals surface area contributed by atoms with E-state index in [0.717, 1.165) is 0 Å². The molecule has 0 spiro atoms. The minimum atomic E-state index is -3.73. The van der Waals surface area contributed by atoms with Gasteiger partial charge in [-0.25, -0.2) is 18.4 Å². The lowest BCUT2D eigenvalue weighted by Crippen LogP contribution is -2.42. The summed E-state index contributed by atoms with van der Waals surface area (Å²) in [5.41, 5.74) is 0.623. The number of nitrogens with zero attached hydrogens (tertiary/aromatic N) is 4. The summed E-state index contributed by atoms with van der Waals surface area (Å²) in [5, 5.41) is 3.27. The Hall–Kier alpha value is -2.59. The number of aromatic nitrogens is 3. The average Bonchev–Trinajstić information content (AvgIpc) is 2.75. The highest BCUT2D eigenvalue weighted by Gasteiger charge is 2.33. The Labute approximate surface area is 173 Å². The molecule has 8 nitrogen and oxygen atoms in total. The van der Waals surface area contributed by atoms with Crippen molar-refractivity contribution in [2.45, 2.75) is 11.0 Å². The van der Waals surface area contributed by atoms with E-state index >= 15 is 0 Å². The zero-order valence-corrected chi connectivity index (χ0v) is 16.8. The Morgan fingerprint density at radius 2 is 1.97 bits per heavy atom. The predicted octanol–water partition coefficient (Wildman–Crippen LogP) is 3.03. The summed E-state index contributed by atoms with van der Waals surface area (Å²) in [6, 6.07) is 11.8. The van der Waals surface area contributed by atoms with Gasteiger partial charge >= 0.3 is 0 Å². The van der Waals surface area contributed by atoms with Gasteiger partial charge in [0.05, 0.1) is 23.5 Å². The maximum Gasteiger partial charge on any atom is 0.244 e. The first kappa shape index (κ1) is 19.7. The molecule has 0 bridgehead atoms. The number of morpholine rings is 1. The summed E-state index contributed by atoms with van der Waals surface area (Å²) in [7, 11) is -3.73. The first-order valence-electron chi connectivity index (χ1n) is 8.90. The van der Waals surface area contributed by atoms with Crippen LogP contribution in [0.2, 0.25) is 5.02 Å². The molecule has 29 heavy (non-hydrogen) atoms. The smallest absolute Gasteiger partial charge is 0.244 e. The molecule has 3 heterocycles. The van der Waals surface area contributed by atoms with Crippen LogP contribution in [0.5, 0.6) is 0 Å². The molecule has 1 N–H and O–H groups in total. The minimum absolute atomic E-state index is 0.0911. The zero-order valence-electron chi connectivity index (χ0n) is 15.3. The standard InChI is InChI=1S/C19H18ClN5O3S/c20-14-4-1-2-6-17(14)29(26,27)25-10-11-28-16(13-25)15-5-3-7-18(23-15)24-19-12-21-8-9-22-19/h1-9,12,16H,10-11,13H2,(H,22,23,24)/t16-/m1/s1. The lowest BCUT2D eigenvalue weighted by atomic mass is 10.2. The molecular weight excluding hydrogens is 414 g/mol. The van der Waals surface area contributed by atoms with Crippen LogP contribution in [0.15, 0.2) is 66.0 Å². The lowest BCUT2D eigenvalue weighted by Gasteiger charge is -2.32. The van der Waals surface area contributed by atoms with Crippen molar-refractivity contribution in [2.24, 2.45) is 0 Å². The Kier molecular flexibility index (Phi) is 5.72. The summed E-state index contributed by atoms with van der Waals surface area (Å²) < 4.78 is 33.2. The van der Waals surface area contributed by atoms with Crippen LogP contribution in [-0.2, 0) is 14.8 Å². The highest BCUT2D eigenvalue weighted by molar-refractivity contribution is 7.89. The average molecular weight is 432 g/mol. The molecule has 0 aliphatic carbocycles. The molecule has 0 amide bonds. The fraction of sp³-hybridized carbons (Fsp3) is 0.211. The van der Waals surface area contributed by atoms with Crippen LogP contribution in [-0.4, -0.2) is 47.4 Å². The Morgan fingerprint density at radius 3 is 2.76 bits per heavy atom. The van der Waals surface area contributed by atoms with Gasteiger partial charge in [0, 0.05) is 25.5 Å². The van der Waals surface area contributed by atoms with Crippen LogP contribution in [0.25, 0.3) is 0 Å². The first-order chi connectivity index (χ1) is 14.0. The van der Waals surface area contributed by atoms with Gasteiger partial charge in [-0.05, 0) is 24.3 Å². The van der Waals surface area contributed by atoms with Gasteiger partial charge in [0.15, 0.2) is 0 Å². The van der Waals surface area contributed by atoms with E-state index in [1.54, 1.807) is 48.9 Å². The van der Waals surface area contributed by atoms with Crippen LogP contribution in [0.3, 0.4) is 0 Å². The van der Waals surface area contributed by atoms with E-state index in [1.165, 1.54) is 10.4 Å². The second-order valence-electron chi connectivity index (χ2n) is 6.32. The topological polar surface area (TPSA) is 97.3 Å². The molecule has 1 saturated heterocycles. The molecule has 0 unspecified atom stereocenters. The number of sulfonamides is 1. The van der Waals surface area contributed by atoms with Crippen LogP contribution >= 0.6 is 11.6 Å². The largest absolute Gasteiger partial charge is 0.369 e. The normalized spacial score (nSPS) is 17.8. The minimum Gasteiger partial charge on any atom is -0.369 e. The van der Waals surface area contributed by atoms with Crippen LogP contribution < -0.4 is 5.32 Å². The highest BCUT2D eigenvalue weighted by Crippen LogP contribution is 2.29. The molecule has 1 atom stereocenters. The fourth-order valence-corrected chi connectivity index (χ4v) is 4.93. The predicted molar refractivity (Wildman–Crippen MR) is 108 cm³/mol. The van der Waals surface area contributed by atoms with E-state index in [2.05, 4.69) is 20.3 Å². The van der Waals surface area contributed by atoms with E-state index in [4.69, 9.17) is 16.3 Å². The summed E-state index contributed by atoms with van der Waals surface area (Å²) in [4.78, 5) is 12.8. The van der Waals surface area contributed by atoms with Crippen molar-refractivity contribution < 1.29 is 13.2 Å². The molecule has 1 aliphatic heterocycles. The summed E-state index contributed by atoms with van der Waals surface area (Å²) in [6.45, 7) is 0.661. The van der Waals surface area contributed by atoms with Gasteiger partial charge in [0.1, 0.15) is 22.6 Å². The quantitative estimate of drug-likeness (QED) is 0.663. The van der Waals surface area contributed by atoms with Crippen molar-refractivity contribution >= 4 is 33.3 Å². The fourth-order valence-electron chi connectivity index (χ4n) is 3.01. The molecule has 3 aromatic rings. The van der Waals surface area contributed by atoms with Crippen LogP contribution in [0.4, 0.5) is 11.6 Å². The van der Waals surface area contributed by atoms with Crippen molar-refractivity contribution in [2.75, 3.05) is 25.0 Å². The summed E-state index contributed by atoms with van der Waals surface area (Å²) in [5.74, 6) is 1.13. The molecule has 1 aromatic carbocycles. The monoisotopic (exact) mass is 431 g/mol. The van der Waals surface area contributed by atoms with E-state index < -0.39 is 16.1 Å². The third-order valence-corrected chi connectivity index (χ3v) is 6.77. The van der Waals surface area contributed by atoms with E-state index in [1.807, 2.05) is 6.07 Å². The van der Waals surface area contributed by atoms with Crippen molar-refractivity contribution in [3.05, 3.63) is 71.8 Å². The lowest BCUT2D eigenvalue weighted by molar-refractivity contribution is -0.00486. The molecule has 4 rings (SSSR count). The third-order valence-electron chi connectivity index (χ3n) is 4.40. The SMILES string of the molecule is O=S(=O)(c1ccccc1Cl)N1CCO[C@@H](c2cccc(Nc3cnccn3)n2)C1. The van der Waals surface area contributed by atoms with Crippen molar-refractivity contribution in [3.8, 4) is 0 Å².